The number of phenols is 2. The second-order valence-electron chi connectivity index (χ2n) is 8.18. The molecular weight excluding hydrogens is 434 g/mol. The Bertz CT molecular complexity index is 1660. The first-order valence-electron chi connectivity index (χ1n) is 10.7. The van der Waals surface area contributed by atoms with Gasteiger partial charge in [-0.3, -0.25) is 14.6 Å². The van der Waals surface area contributed by atoms with Crippen molar-refractivity contribution in [3.8, 4) is 28.6 Å². The molecule has 0 aliphatic carbocycles. The van der Waals surface area contributed by atoms with E-state index in [4.69, 9.17) is 9.15 Å². The summed E-state index contributed by atoms with van der Waals surface area (Å²) in [6.45, 7) is 0. The first kappa shape index (κ1) is 20.0. The van der Waals surface area contributed by atoms with E-state index in [1.807, 2.05) is 30.3 Å². The van der Waals surface area contributed by atoms with Crippen LogP contribution in [0.4, 0.5) is 0 Å². The van der Waals surface area contributed by atoms with E-state index in [0.717, 1.165) is 16.5 Å². The number of pyridine rings is 1. The fraction of sp³-hybridized carbons (Fsp3) is 0.0741. The Labute approximate surface area is 192 Å². The lowest BCUT2D eigenvalue weighted by Crippen LogP contribution is -2.22. The highest BCUT2D eigenvalue weighted by molar-refractivity contribution is 5.94. The molecule has 3 heterocycles. The van der Waals surface area contributed by atoms with Crippen molar-refractivity contribution in [3.63, 3.8) is 0 Å². The van der Waals surface area contributed by atoms with E-state index < -0.39 is 17.3 Å². The molecule has 7 nitrogen and oxygen atoms in total. The number of carbonyl (C=O) groups is 1. The van der Waals surface area contributed by atoms with Crippen LogP contribution in [-0.4, -0.2) is 21.2 Å². The maximum Gasteiger partial charge on any atom is 0.312 e. The molecule has 3 aromatic carbocycles. The van der Waals surface area contributed by atoms with Crippen LogP contribution in [0.1, 0.15) is 23.5 Å². The molecular formula is C27H17NO6. The third-order valence-electron chi connectivity index (χ3n) is 6.13. The summed E-state index contributed by atoms with van der Waals surface area (Å²) >= 11 is 0. The SMILES string of the molecule is O=C1CC(c2ccnc3ccccc23)c2c(cc(O)c3c(=O)cc(-c4ccc(O)cc4)oc23)O1. The molecule has 2 aromatic heterocycles. The minimum atomic E-state index is -0.481. The van der Waals surface area contributed by atoms with E-state index >= 15 is 0 Å². The van der Waals surface area contributed by atoms with Gasteiger partial charge in [0.1, 0.15) is 34.0 Å². The van der Waals surface area contributed by atoms with E-state index in [0.29, 0.717) is 11.1 Å². The summed E-state index contributed by atoms with van der Waals surface area (Å²) in [6.07, 6.45) is 1.71. The molecule has 0 saturated heterocycles. The number of fused-ring (bicyclic) bond motifs is 4. The molecule has 1 aliphatic rings. The molecule has 34 heavy (non-hydrogen) atoms. The molecule has 6 rings (SSSR count). The third kappa shape index (κ3) is 3.09. The number of hydrogen-bond acceptors (Lipinski definition) is 7. The number of aromatic nitrogens is 1. The number of nitrogens with zero attached hydrogens (tertiary/aromatic N) is 1. The Hall–Kier alpha value is -4.65. The molecule has 2 N–H and O–H groups in total. The molecule has 166 valence electrons. The minimum absolute atomic E-state index is 0.0163. The lowest BCUT2D eigenvalue weighted by atomic mass is 9.83. The number of phenolic OH excluding ortho intramolecular Hbond substituents is 2. The first-order chi connectivity index (χ1) is 16.5. The van der Waals surface area contributed by atoms with E-state index in [9.17, 15) is 19.8 Å². The number of ether oxygens (including phenoxy) is 1. The van der Waals surface area contributed by atoms with Crippen LogP contribution in [-0.2, 0) is 4.79 Å². The van der Waals surface area contributed by atoms with Gasteiger partial charge >= 0.3 is 5.97 Å². The van der Waals surface area contributed by atoms with Crippen LogP contribution in [0.25, 0.3) is 33.2 Å². The summed E-state index contributed by atoms with van der Waals surface area (Å²) in [6, 6.07) is 18.3. The molecule has 1 atom stereocenters. The van der Waals surface area contributed by atoms with Crippen LogP contribution in [0, 0.1) is 0 Å². The number of rotatable bonds is 2. The predicted octanol–water partition coefficient (Wildman–Crippen LogP) is 4.86. The molecule has 5 aromatic rings. The lowest BCUT2D eigenvalue weighted by molar-refractivity contribution is -0.135. The maximum atomic E-state index is 13.1. The fourth-order valence-electron chi connectivity index (χ4n) is 4.61. The smallest absolute Gasteiger partial charge is 0.312 e. The zero-order valence-corrected chi connectivity index (χ0v) is 17.7. The van der Waals surface area contributed by atoms with Gasteiger partial charge in [-0.05, 0) is 42.0 Å². The van der Waals surface area contributed by atoms with Gasteiger partial charge in [0.25, 0.3) is 0 Å². The van der Waals surface area contributed by atoms with Crippen LogP contribution in [0.2, 0.25) is 0 Å². The number of hydrogen-bond donors (Lipinski definition) is 2. The number of para-hydroxylation sites is 1. The van der Waals surface area contributed by atoms with Crippen molar-refractivity contribution in [2.24, 2.45) is 0 Å². The fourth-order valence-corrected chi connectivity index (χ4v) is 4.61. The zero-order chi connectivity index (χ0) is 23.4. The van der Waals surface area contributed by atoms with Crippen molar-refractivity contribution in [2.45, 2.75) is 12.3 Å². The minimum Gasteiger partial charge on any atom is -0.508 e. The van der Waals surface area contributed by atoms with Gasteiger partial charge in [0.15, 0.2) is 5.43 Å². The van der Waals surface area contributed by atoms with Crippen molar-refractivity contribution < 1.29 is 24.2 Å². The summed E-state index contributed by atoms with van der Waals surface area (Å²) < 4.78 is 11.7. The first-order valence-corrected chi connectivity index (χ1v) is 10.7. The topological polar surface area (TPSA) is 110 Å². The highest BCUT2D eigenvalue weighted by atomic mass is 16.5. The Morgan fingerprint density at radius 3 is 2.56 bits per heavy atom. The molecule has 1 aliphatic heterocycles. The Morgan fingerprint density at radius 2 is 1.74 bits per heavy atom. The van der Waals surface area contributed by atoms with Crippen molar-refractivity contribution in [1.29, 1.82) is 0 Å². The van der Waals surface area contributed by atoms with Crippen molar-refractivity contribution in [1.82, 2.24) is 4.98 Å². The van der Waals surface area contributed by atoms with Gasteiger partial charge in [-0.1, -0.05) is 18.2 Å². The zero-order valence-electron chi connectivity index (χ0n) is 17.7. The van der Waals surface area contributed by atoms with Crippen LogP contribution >= 0.6 is 0 Å². The second kappa shape index (κ2) is 7.45. The Balaban J connectivity index is 1.68. The van der Waals surface area contributed by atoms with Crippen LogP contribution in [0.3, 0.4) is 0 Å². The number of benzene rings is 3. The monoisotopic (exact) mass is 451 g/mol. The summed E-state index contributed by atoms with van der Waals surface area (Å²) in [5, 5.41) is 21.1. The lowest BCUT2D eigenvalue weighted by Gasteiger charge is -2.26. The largest absolute Gasteiger partial charge is 0.508 e. The number of carbonyl (C=O) groups excluding carboxylic acids is 1. The van der Waals surface area contributed by atoms with E-state index in [2.05, 4.69) is 4.98 Å². The van der Waals surface area contributed by atoms with Crippen molar-refractivity contribution in [2.75, 3.05) is 0 Å². The van der Waals surface area contributed by atoms with Crippen molar-refractivity contribution >= 4 is 27.8 Å². The van der Waals surface area contributed by atoms with Crippen LogP contribution < -0.4 is 10.2 Å². The number of esters is 1. The average Bonchev–Trinajstić information content (AvgIpc) is 2.83. The van der Waals surface area contributed by atoms with Gasteiger partial charge in [-0.25, -0.2) is 0 Å². The quantitative estimate of drug-likeness (QED) is 0.291. The third-order valence-corrected chi connectivity index (χ3v) is 6.13. The molecule has 0 fully saturated rings. The molecule has 0 spiro atoms. The van der Waals surface area contributed by atoms with E-state index in [1.165, 1.54) is 24.3 Å². The summed E-state index contributed by atoms with van der Waals surface area (Å²) in [5.41, 5.74) is 2.43. The number of aromatic hydroxyl groups is 2. The van der Waals surface area contributed by atoms with E-state index in [1.54, 1.807) is 18.3 Å². The summed E-state index contributed by atoms with van der Waals surface area (Å²) in [4.78, 5) is 30.0. The normalized spacial score (nSPS) is 15.3. The maximum absolute atomic E-state index is 13.1. The van der Waals surface area contributed by atoms with Gasteiger partial charge in [-0.2, -0.15) is 0 Å². The molecule has 0 amide bonds. The molecule has 1 unspecified atom stereocenters. The molecule has 0 bridgehead atoms. The molecule has 0 radical (unpaired) electrons. The average molecular weight is 451 g/mol. The highest BCUT2D eigenvalue weighted by Crippen LogP contribution is 2.47. The van der Waals surface area contributed by atoms with Crippen LogP contribution in [0.15, 0.2) is 82.1 Å². The second-order valence-corrected chi connectivity index (χ2v) is 8.18. The van der Waals surface area contributed by atoms with Crippen molar-refractivity contribution in [3.05, 3.63) is 94.3 Å². The Morgan fingerprint density at radius 1 is 0.941 bits per heavy atom. The van der Waals surface area contributed by atoms with Gasteiger partial charge in [-0.15, -0.1) is 0 Å². The molecule has 0 saturated carbocycles. The Kier molecular flexibility index (Phi) is 4.38. The van der Waals surface area contributed by atoms with Crippen LogP contribution in [0.5, 0.6) is 17.2 Å². The van der Waals surface area contributed by atoms with Gasteiger partial charge < -0.3 is 19.4 Å². The van der Waals surface area contributed by atoms with Gasteiger partial charge in [0.05, 0.1) is 11.9 Å². The molecule has 7 heteroatoms. The van der Waals surface area contributed by atoms with E-state index in [-0.39, 0.29) is 40.4 Å². The summed E-state index contributed by atoms with van der Waals surface area (Å²) in [5.74, 6) is -0.760. The van der Waals surface area contributed by atoms with Gasteiger partial charge in [0, 0.05) is 40.8 Å². The highest BCUT2D eigenvalue weighted by Gasteiger charge is 2.34. The summed E-state index contributed by atoms with van der Waals surface area (Å²) in [7, 11) is 0. The standard InChI is InChI=1S/C27H17NO6/c29-15-7-5-14(6-8-15)22-12-20(30)26-21(31)13-23-25(27(26)34-22)18(11-24(32)33-23)16-9-10-28-19-4-2-1-3-17(16)19/h1-10,12-13,18,29,31H,11H2. The van der Waals surface area contributed by atoms with Gasteiger partial charge in [0.2, 0.25) is 0 Å². The predicted molar refractivity (Wildman–Crippen MR) is 125 cm³/mol.